The Kier molecular flexibility index (Phi) is 4.51. The van der Waals surface area contributed by atoms with Gasteiger partial charge in [0.2, 0.25) is 0 Å². The quantitative estimate of drug-likeness (QED) is 0.761. The SMILES string of the molecule is NC1=N[C@]2(CC[C@@]1(F)CF)Cc1ccc(NC(=O)c3cnc(C(F)F)cn3)cc12. The van der Waals surface area contributed by atoms with Crippen LogP contribution in [-0.4, -0.2) is 34.1 Å². The van der Waals surface area contributed by atoms with Gasteiger partial charge >= 0.3 is 0 Å². The standard InChI is InChI=1S/C19H17F4N5O/c20-9-18(23)3-4-19(28-17(18)24)6-10-1-2-11(5-12(10)19)27-16(29)14-8-25-13(7-26-14)15(21)22/h1-2,5,7-8,15H,3-4,6,9H2,(H2,24,28)(H,27,29)/t18-,19-/m1/s1. The van der Waals surface area contributed by atoms with Gasteiger partial charge in [0.1, 0.15) is 23.9 Å². The topological polar surface area (TPSA) is 93.3 Å². The van der Waals surface area contributed by atoms with Crippen LogP contribution in [0.1, 0.15) is 46.6 Å². The molecule has 2 heterocycles. The van der Waals surface area contributed by atoms with Gasteiger partial charge in [0, 0.05) is 12.1 Å². The van der Waals surface area contributed by atoms with Gasteiger partial charge in [-0.3, -0.25) is 14.8 Å². The Bertz CT molecular complexity index is 997. The van der Waals surface area contributed by atoms with Crippen molar-refractivity contribution in [3.8, 4) is 0 Å². The van der Waals surface area contributed by atoms with Crippen molar-refractivity contribution in [3.05, 3.63) is 53.1 Å². The summed E-state index contributed by atoms with van der Waals surface area (Å²) in [4.78, 5) is 23.8. The van der Waals surface area contributed by atoms with Gasteiger partial charge in [-0.05, 0) is 36.1 Å². The number of amides is 1. The first-order chi connectivity index (χ1) is 13.8. The monoisotopic (exact) mass is 407 g/mol. The Morgan fingerprint density at radius 3 is 2.66 bits per heavy atom. The molecule has 0 unspecified atom stereocenters. The summed E-state index contributed by atoms with van der Waals surface area (Å²) in [6.07, 6.45) is -0.156. The van der Waals surface area contributed by atoms with E-state index in [1.165, 1.54) is 0 Å². The molecule has 152 valence electrons. The smallest absolute Gasteiger partial charge is 0.281 e. The normalized spacial score (nSPS) is 25.3. The molecule has 1 aliphatic carbocycles. The number of benzene rings is 1. The Labute approximate surface area is 163 Å². The first-order valence-electron chi connectivity index (χ1n) is 8.92. The molecule has 3 N–H and O–H groups in total. The Morgan fingerprint density at radius 2 is 2.03 bits per heavy atom. The molecular formula is C19H17F4N5O. The lowest BCUT2D eigenvalue weighted by Gasteiger charge is -2.46. The molecule has 1 aromatic carbocycles. The summed E-state index contributed by atoms with van der Waals surface area (Å²) in [7, 11) is 0. The number of nitrogens with one attached hydrogen (secondary N) is 1. The molecule has 2 atom stereocenters. The van der Waals surface area contributed by atoms with Gasteiger partial charge in [0.05, 0.1) is 17.9 Å². The van der Waals surface area contributed by atoms with Crippen molar-refractivity contribution >= 4 is 17.4 Å². The van der Waals surface area contributed by atoms with E-state index < -0.39 is 35.9 Å². The highest BCUT2D eigenvalue weighted by Gasteiger charge is 2.50. The number of rotatable bonds is 4. The maximum Gasteiger partial charge on any atom is 0.281 e. The predicted molar refractivity (Wildman–Crippen MR) is 97.4 cm³/mol. The van der Waals surface area contributed by atoms with Gasteiger partial charge < -0.3 is 11.1 Å². The van der Waals surface area contributed by atoms with Gasteiger partial charge in [-0.15, -0.1) is 0 Å². The average molecular weight is 407 g/mol. The van der Waals surface area contributed by atoms with E-state index in [-0.39, 0.29) is 18.0 Å². The van der Waals surface area contributed by atoms with E-state index in [0.29, 0.717) is 18.5 Å². The van der Waals surface area contributed by atoms with Crippen molar-refractivity contribution in [2.45, 2.75) is 36.9 Å². The summed E-state index contributed by atoms with van der Waals surface area (Å²) in [5.41, 5.74) is 4.32. The molecule has 1 aromatic heterocycles. The van der Waals surface area contributed by atoms with E-state index in [0.717, 1.165) is 23.5 Å². The van der Waals surface area contributed by atoms with Crippen LogP contribution in [-0.2, 0) is 12.0 Å². The zero-order chi connectivity index (χ0) is 20.8. The van der Waals surface area contributed by atoms with Gasteiger partial charge in [0.15, 0.2) is 5.67 Å². The number of carbonyl (C=O) groups excluding carboxylic acids is 1. The van der Waals surface area contributed by atoms with E-state index in [4.69, 9.17) is 5.73 Å². The number of aromatic nitrogens is 2. The number of carbonyl (C=O) groups is 1. The van der Waals surface area contributed by atoms with Crippen molar-refractivity contribution in [2.24, 2.45) is 10.7 Å². The molecule has 4 rings (SSSR count). The highest BCUT2D eigenvalue weighted by atomic mass is 19.3. The minimum Gasteiger partial charge on any atom is -0.385 e. The number of halogens is 4. The number of fused-ring (bicyclic) bond motifs is 2. The number of alkyl halides is 4. The van der Waals surface area contributed by atoms with Gasteiger partial charge in [-0.2, -0.15) is 0 Å². The van der Waals surface area contributed by atoms with Crippen molar-refractivity contribution in [3.63, 3.8) is 0 Å². The molecular weight excluding hydrogens is 390 g/mol. The van der Waals surface area contributed by atoms with Gasteiger partial charge in [0.25, 0.3) is 12.3 Å². The summed E-state index contributed by atoms with van der Waals surface area (Å²) in [6, 6.07) is 5.19. The average Bonchev–Trinajstić information content (AvgIpc) is 2.71. The molecule has 1 aliphatic heterocycles. The van der Waals surface area contributed by atoms with Crippen LogP contribution in [0.5, 0.6) is 0 Å². The van der Waals surface area contributed by atoms with Crippen molar-refractivity contribution in [2.75, 3.05) is 12.0 Å². The third kappa shape index (κ3) is 3.22. The van der Waals surface area contributed by atoms with E-state index in [2.05, 4.69) is 20.3 Å². The Balaban J connectivity index is 1.55. The van der Waals surface area contributed by atoms with Crippen molar-refractivity contribution in [1.29, 1.82) is 0 Å². The fraction of sp³-hybridized carbons (Fsp3) is 0.368. The minimum absolute atomic E-state index is 0.0685. The number of hydrogen-bond acceptors (Lipinski definition) is 5. The summed E-state index contributed by atoms with van der Waals surface area (Å²) in [5.74, 6) is -0.959. The van der Waals surface area contributed by atoms with Crippen LogP contribution in [0, 0.1) is 0 Å². The second-order valence-corrected chi connectivity index (χ2v) is 7.26. The Hall–Kier alpha value is -3.04. The maximum absolute atomic E-state index is 14.3. The largest absolute Gasteiger partial charge is 0.385 e. The van der Waals surface area contributed by atoms with E-state index in [1.807, 2.05) is 0 Å². The molecule has 0 saturated carbocycles. The van der Waals surface area contributed by atoms with E-state index in [1.54, 1.807) is 18.2 Å². The maximum atomic E-state index is 14.3. The van der Waals surface area contributed by atoms with Crippen LogP contribution < -0.4 is 11.1 Å². The molecule has 6 nitrogen and oxygen atoms in total. The third-order valence-corrected chi connectivity index (χ3v) is 5.42. The van der Waals surface area contributed by atoms with Crippen molar-refractivity contribution in [1.82, 2.24) is 9.97 Å². The lowest BCUT2D eigenvalue weighted by Crippen LogP contribution is -2.52. The molecule has 2 aromatic rings. The Morgan fingerprint density at radius 1 is 1.24 bits per heavy atom. The predicted octanol–water partition coefficient (Wildman–Crippen LogP) is 3.25. The number of amidine groups is 1. The molecule has 2 aliphatic rings. The van der Waals surface area contributed by atoms with E-state index in [9.17, 15) is 22.4 Å². The number of nitrogens with two attached hydrogens (primary N) is 1. The first-order valence-corrected chi connectivity index (χ1v) is 8.92. The second-order valence-electron chi connectivity index (χ2n) is 7.26. The van der Waals surface area contributed by atoms with Gasteiger partial charge in [-0.1, -0.05) is 6.07 Å². The zero-order valence-corrected chi connectivity index (χ0v) is 15.1. The van der Waals surface area contributed by atoms with Crippen LogP contribution in [0.15, 0.2) is 35.6 Å². The highest BCUT2D eigenvalue weighted by molar-refractivity contribution is 6.02. The number of hydrogen-bond donors (Lipinski definition) is 2. The summed E-state index contributed by atoms with van der Waals surface area (Å²) in [6.45, 7) is -1.22. The molecule has 10 heteroatoms. The zero-order valence-electron chi connectivity index (χ0n) is 15.1. The van der Waals surface area contributed by atoms with Crippen LogP contribution in [0.2, 0.25) is 0 Å². The second kappa shape index (κ2) is 6.78. The van der Waals surface area contributed by atoms with E-state index >= 15 is 0 Å². The van der Waals surface area contributed by atoms with Crippen LogP contribution in [0.4, 0.5) is 23.2 Å². The molecule has 1 amide bonds. The highest BCUT2D eigenvalue weighted by Crippen LogP contribution is 2.50. The molecule has 0 saturated heterocycles. The fourth-order valence-electron chi connectivity index (χ4n) is 3.69. The summed E-state index contributed by atoms with van der Waals surface area (Å²) in [5, 5.41) is 2.63. The fourth-order valence-corrected chi connectivity index (χ4v) is 3.69. The van der Waals surface area contributed by atoms with Crippen LogP contribution >= 0.6 is 0 Å². The summed E-state index contributed by atoms with van der Waals surface area (Å²) >= 11 is 0. The van der Waals surface area contributed by atoms with Gasteiger partial charge in [-0.25, -0.2) is 22.5 Å². The first kappa shape index (κ1) is 19.3. The summed E-state index contributed by atoms with van der Waals surface area (Å²) < 4.78 is 52.4. The number of anilines is 1. The number of nitrogens with zero attached hydrogens (tertiary/aromatic N) is 3. The molecule has 1 spiro atoms. The third-order valence-electron chi connectivity index (χ3n) is 5.42. The van der Waals surface area contributed by atoms with Crippen molar-refractivity contribution < 1.29 is 22.4 Å². The number of aliphatic imine (C=N–C) groups is 1. The van der Waals surface area contributed by atoms with Crippen LogP contribution in [0.3, 0.4) is 0 Å². The molecule has 29 heavy (non-hydrogen) atoms. The molecule has 0 bridgehead atoms. The lowest BCUT2D eigenvalue weighted by molar-refractivity contribution is 0.102. The minimum atomic E-state index is -2.77. The molecule has 0 fully saturated rings. The molecule has 0 radical (unpaired) electrons. The lowest BCUT2D eigenvalue weighted by atomic mass is 9.66. The van der Waals surface area contributed by atoms with Crippen LogP contribution in [0.25, 0.3) is 0 Å².